The Labute approximate surface area is 155 Å². The molecular formula is C17H27Cl2N3O2. The third kappa shape index (κ3) is 7.51. The van der Waals surface area contributed by atoms with Crippen molar-refractivity contribution in [1.82, 2.24) is 10.6 Å². The number of hydrogen-bond acceptors (Lipinski definition) is 3. The van der Waals surface area contributed by atoms with Gasteiger partial charge < -0.3 is 16.4 Å². The highest BCUT2D eigenvalue weighted by atomic mass is 35.5. The molecule has 136 valence electrons. The van der Waals surface area contributed by atoms with E-state index in [4.69, 9.17) is 17.3 Å². The summed E-state index contributed by atoms with van der Waals surface area (Å²) < 4.78 is 0. The first-order valence-corrected chi connectivity index (χ1v) is 8.08. The Hall–Kier alpha value is -1.30. The molecule has 0 bridgehead atoms. The van der Waals surface area contributed by atoms with Crippen molar-refractivity contribution < 1.29 is 9.59 Å². The molecule has 1 aromatic rings. The average Bonchev–Trinajstić information content (AvgIpc) is 2.45. The molecule has 24 heavy (non-hydrogen) atoms. The van der Waals surface area contributed by atoms with Crippen molar-refractivity contribution in [2.75, 3.05) is 6.54 Å². The van der Waals surface area contributed by atoms with Gasteiger partial charge in [-0.05, 0) is 37.8 Å². The monoisotopic (exact) mass is 375 g/mol. The van der Waals surface area contributed by atoms with Crippen molar-refractivity contribution >= 4 is 35.8 Å². The Morgan fingerprint density at radius 1 is 1.25 bits per heavy atom. The molecule has 1 atom stereocenters. The predicted molar refractivity (Wildman–Crippen MR) is 100 cm³/mol. The molecule has 0 heterocycles. The first kappa shape index (κ1) is 22.7. The Bertz CT molecular complexity index is 563. The van der Waals surface area contributed by atoms with Gasteiger partial charge in [0.05, 0.1) is 12.6 Å². The van der Waals surface area contributed by atoms with Crippen LogP contribution in [0.5, 0.6) is 0 Å². The van der Waals surface area contributed by atoms with Gasteiger partial charge in [-0.1, -0.05) is 43.6 Å². The highest BCUT2D eigenvalue weighted by Gasteiger charge is 2.23. The zero-order valence-electron chi connectivity index (χ0n) is 14.6. The molecule has 0 aliphatic heterocycles. The highest BCUT2D eigenvalue weighted by Crippen LogP contribution is 2.20. The molecule has 0 unspecified atom stereocenters. The van der Waals surface area contributed by atoms with E-state index < -0.39 is 11.6 Å². The summed E-state index contributed by atoms with van der Waals surface area (Å²) in [5.74, 6) is -0.555. The summed E-state index contributed by atoms with van der Waals surface area (Å²) in [4.78, 5) is 23.8. The standard InChI is InChI=1S/C17H26ClN3O2.ClH/c1-11(2)15(19)16(23)20-10-14(22)21-17(3,4)9-12-7-5-6-8-13(12)18;/h5-8,11,15H,9-10,19H2,1-4H3,(H,20,23)(H,21,22);1H/t15-;/m0./s1. The van der Waals surface area contributed by atoms with Gasteiger partial charge in [0.25, 0.3) is 0 Å². The molecule has 0 saturated heterocycles. The maximum Gasteiger partial charge on any atom is 0.239 e. The van der Waals surface area contributed by atoms with E-state index in [1.165, 1.54) is 0 Å². The smallest absolute Gasteiger partial charge is 0.239 e. The van der Waals surface area contributed by atoms with Crippen molar-refractivity contribution in [2.24, 2.45) is 11.7 Å². The molecule has 1 rings (SSSR count). The summed E-state index contributed by atoms with van der Waals surface area (Å²) >= 11 is 6.15. The van der Waals surface area contributed by atoms with Crippen molar-refractivity contribution in [3.63, 3.8) is 0 Å². The third-order valence-electron chi connectivity index (χ3n) is 3.51. The summed E-state index contributed by atoms with van der Waals surface area (Å²) in [7, 11) is 0. The molecule has 4 N–H and O–H groups in total. The number of amides is 2. The lowest BCUT2D eigenvalue weighted by Crippen LogP contribution is -2.51. The number of halogens is 2. The van der Waals surface area contributed by atoms with E-state index in [2.05, 4.69) is 10.6 Å². The van der Waals surface area contributed by atoms with Crippen LogP contribution in [0.1, 0.15) is 33.3 Å². The molecular weight excluding hydrogens is 349 g/mol. The minimum atomic E-state index is -0.612. The molecule has 7 heteroatoms. The fourth-order valence-electron chi connectivity index (χ4n) is 2.17. The lowest BCUT2D eigenvalue weighted by atomic mass is 9.95. The van der Waals surface area contributed by atoms with Gasteiger partial charge in [-0.15, -0.1) is 12.4 Å². The maximum absolute atomic E-state index is 12.0. The Morgan fingerprint density at radius 2 is 1.83 bits per heavy atom. The molecule has 0 aromatic heterocycles. The quantitative estimate of drug-likeness (QED) is 0.683. The Balaban J connectivity index is 0.00000529. The first-order valence-electron chi connectivity index (χ1n) is 7.70. The lowest BCUT2D eigenvalue weighted by molar-refractivity contribution is -0.128. The van der Waals surface area contributed by atoms with Crippen LogP contribution in [-0.4, -0.2) is 29.9 Å². The van der Waals surface area contributed by atoms with Gasteiger partial charge >= 0.3 is 0 Å². The van der Waals surface area contributed by atoms with E-state index in [1.54, 1.807) is 0 Å². The van der Waals surface area contributed by atoms with Gasteiger partial charge in [0, 0.05) is 10.6 Å². The van der Waals surface area contributed by atoms with Crippen LogP contribution < -0.4 is 16.4 Å². The second-order valence-corrected chi connectivity index (χ2v) is 7.10. The van der Waals surface area contributed by atoms with Crippen molar-refractivity contribution in [3.8, 4) is 0 Å². The Morgan fingerprint density at radius 3 is 2.38 bits per heavy atom. The summed E-state index contributed by atoms with van der Waals surface area (Å²) in [6, 6.07) is 6.92. The topological polar surface area (TPSA) is 84.2 Å². The second kappa shape index (κ2) is 9.87. The van der Waals surface area contributed by atoms with Crippen LogP contribution in [-0.2, 0) is 16.0 Å². The van der Waals surface area contributed by atoms with Gasteiger partial charge in [0.1, 0.15) is 0 Å². The highest BCUT2D eigenvalue weighted by molar-refractivity contribution is 6.31. The van der Waals surface area contributed by atoms with E-state index in [0.717, 1.165) is 5.56 Å². The normalized spacial score (nSPS) is 12.3. The van der Waals surface area contributed by atoms with Crippen LogP contribution in [0.2, 0.25) is 5.02 Å². The second-order valence-electron chi connectivity index (χ2n) is 6.69. The number of carbonyl (C=O) groups excluding carboxylic acids is 2. The first-order chi connectivity index (χ1) is 10.6. The van der Waals surface area contributed by atoms with Gasteiger partial charge in [-0.3, -0.25) is 9.59 Å². The molecule has 0 aliphatic carbocycles. The number of carbonyl (C=O) groups is 2. The summed E-state index contributed by atoms with van der Waals surface area (Å²) in [5.41, 5.74) is 6.22. The molecule has 0 aliphatic rings. The Kier molecular flexibility index (Phi) is 9.33. The van der Waals surface area contributed by atoms with Crippen LogP contribution in [0.15, 0.2) is 24.3 Å². The van der Waals surface area contributed by atoms with Crippen LogP contribution in [0.4, 0.5) is 0 Å². The SMILES string of the molecule is CC(C)[C@H](N)C(=O)NCC(=O)NC(C)(C)Cc1ccccc1Cl.Cl. The van der Waals surface area contributed by atoms with Crippen molar-refractivity contribution in [3.05, 3.63) is 34.9 Å². The molecule has 0 saturated carbocycles. The van der Waals surface area contributed by atoms with Gasteiger partial charge in [0.2, 0.25) is 11.8 Å². The van der Waals surface area contributed by atoms with Crippen LogP contribution in [0, 0.1) is 5.92 Å². The molecule has 1 aromatic carbocycles. The van der Waals surface area contributed by atoms with E-state index in [9.17, 15) is 9.59 Å². The van der Waals surface area contributed by atoms with E-state index >= 15 is 0 Å². The van der Waals surface area contributed by atoms with Crippen molar-refractivity contribution in [1.29, 1.82) is 0 Å². The fraction of sp³-hybridized carbons (Fsp3) is 0.529. The van der Waals surface area contributed by atoms with Crippen LogP contribution in [0.3, 0.4) is 0 Å². The zero-order valence-corrected chi connectivity index (χ0v) is 16.1. The molecule has 0 radical (unpaired) electrons. The molecule has 0 fully saturated rings. The summed E-state index contributed by atoms with van der Waals surface area (Å²) in [5, 5.41) is 6.13. The zero-order chi connectivity index (χ0) is 17.6. The van der Waals surface area contributed by atoms with Crippen LogP contribution in [0.25, 0.3) is 0 Å². The molecule has 0 spiro atoms. The molecule has 2 amide bonds. The minimum absolute atomic E-state index is 0. The van der Waals surface area contributed by atoms with Gasteiger partial charge in [-0.25, -0.2) is 0 Å². The van der Waals surface area contributed by atoms with Gasteiger partial charge in [-0.2, -0.15) is 0 Å². The predicted octanol–water partition coefficient (Wildman–Crippen LogP) is 2.30. The van der Waals surface area contributed by atoms with Gasteiger partial charge in [0.15, 0.2) is 0 Å². The van der Waals surface area contributed by atoms with E-state index in [0.29, 0.717) is 11.4 Å². The molecule has 5 nitrogen and oxygen atoms in total. The number of hydrogen-bond donors (Lipinski definition) is 3. The lowest BCUT2D eigenvalue weighted by Gasteiger charge is -2.27. The maximum atomic E-state index is 12.0. The number of nitrogens with two attached hydrogens (primary N) is 1. The number of benzene rings is 1. The third-order valence-corrected chi connectivity index (χ3v) is 3.88. The van der Waals surface area contributed by atoms with E-state index in [-0.39, 0.29) is 36.7 Å². The van der Waals surface area contributed by atoms with E-state index in [1.807, 2.05) is 52.0 Å². The summed E-state index contributed by atoms with van der Waals surface area (Å²) in [6.07, 6.45) is 0.595. The number of rotatable bonds is 7. The van der Waals surface area contributed by atoms with Crippen molar-refractivity contribution in [2.45, 2.75) is 45.7 Å². The average molecular weight is 376 g/mol. The largest absolute Gasteiger partial charge is 0.349 e. The number of nitrogens with one attached hydrogen (secondary N) is 2. The minimum Gasteiger partial charge on any atom is -0.349 e. The summed E-state index contributed by atoms with van der Waals surface area (Å²) in [6.45, 7) is 7.45. The van der Waals surface area contributed by atoms with Crippen LogP contribution >= 0.6 is 24.0 Å². The fourth-order valence-corrected chi connectivity index (χ4v) is 2.37.